The molecule has 0 aromatic heterocycles. The molecule has 1 saturated carbocycles. The summed E-state index contributed by atoms with van der Waals surface area (Å²) in [6, 6.07) is 17.9. The molecule has 7 rings (SSSR count). The maximum absolute atomic E-state index is 14.2. The van der Waals surface area contributed by atoms with E-state index in [4.69, 9.17) is 38.0 Å². The van der Waals surface area contributed by atoms with Gasteiger partial charge in [0.05, 0.1) is 38.9 Å². The van der Waals surface area contributed by atoms with Crippen molar-refractivity contribution in [2.75, 3.05) is 34.5 Å². The smallest absolute Gasteiger partial charge is 0.339 e. The van der Waals surface area contributed by atoms with Crippen LogP contribution >= 0.6 is 0 Å². The summed E-state index contributed by atoms with van der Waals surface area (Å²) in [6.45, 7) is -0.675. The quantitative estimate of drug-likeness (QED) is 0.203. The number of carbonyl (C=O) groups excluding carboxylic acids is 3. The van der Waals surface area contributed by atoms with Gasteiger partial charge in [0.15, 0.2) is 11.2 Å². The molecule has 4 N–H and O–H groups in total. The van der Waals surface area contributed by atoms with Crippen LogP contribution in [0, 0.1) is 5.92 Å². The summed E-state index contributed by atoms with van der Waals surface area (Å²) in [5.74, 6) is -4.85. The van der Waals surface area contributed by atoms with Gasteiger partial charge >= 0.3 is 5.97 Å². The highest BCUT2D eigenvalue weighted by atomic mass is 16.8. The van der Waals surface area contributed by atoms with Crippen LogP contribution in [-0.4, -0.2) is 109 Å². The summed E-state index contributed by atoms with van der Waals surface area (Å²) in [5.41, 5.74) is -3.71. The lowest BCUT2D eigenvalue weighted by molar-refractivity contribution is -0.324. The Morgan fingerprint density at radius 1 is 0.962 bits per heavy atom. The first-order valence-electron chi connectivity index (χ1n) is 16.9. The number of amides is 2. The second-order valence-electron chi connectivity index (χ2n) is 13.0. The number of benzene rings is 3. The molecule has 3 aromatic rings. The van der Waals surface area contributed by atoms with Crippen LogP contribution in [0.3, 0.4) is 0 Å². The van der Waals surface area contributed by atoms with Crippen molar-refractivity contribution in [2.24, 2.45) is 5.92 Å². The molecular weight excluding hydrogens is 698 g/mol. The second kappa shape index (κ2) is 14.2. The van der Waals surface area contributed by atoms with Gasteiger partial charge in [0.25, 0.3) is 18.1 Å². The number of methoxy groups -OCH3 is 3. The fraction of sp³-hybridized carbons (Fsp3) is 0.432. The predicted molar refractivity (Wildman–Crippen MR) is 177 cm³/mol. The van der Waals surface area contributed by atoms with E-state index in [1.165, 1.54) is 33.5 Å². The predicted octanol–water partition coefficient (Wildman–Crippen LogP) is 1.01. The molecule has 0 spiro atoms. The van der Waals surface area contributed by atoms with E-state index in [9.17, 15) is 34.8 Å². The number of hydrogen-bond donors (Lipinski definition) is 4. The van der Waals surface area contributed by atoms with Crippen molar-refractivity contribution < 1.29 is 72.8 Å². The first kappa shape index (κ1) is 36.5. The van der Waals surface area contributed by atoms with Crippen LogP contribution in [0.25, 0.3) is 0 Å². The number of hydrogen-bond acceptors (Lipinski definition) is 15. The number of fused-ring (bicyclic) bond motifs is 3. The second-order valence-corrected chi connectivity index (χ2v) is 13.0. The molecule has 53 heavy (non-hydrogen) atoms. The van der Waals surface area contributed by atoms with Crippen LogP contribution in [0.1, 0.15) is 35.4 Å². The van der Waals surface area contributed by atoms with Crippen LogP contribution < -0.4 is 18.9 Å². The minimum Gasteiger partial charge on any atom is -0.497 e. The van der Waals surface area contributed by atoms with Crippen LogP contribution in [0.5, 0.6) is 23.0 Å². The third-order valence-corrected chi connectivity index (χ3v) is 10.2. The average Bonchev–Trinajstić information content (AvgIpc) is 3.71. The summed E-state index contributed by atoms with van der Waals surface area (Å²) >= 11 is 0. The molecule has 3 heterocycles. The van der Waals surface area contributed by atoms with Crippen LogP contribution in [-0.2, 0) is 44.6 Å². The summed E-state index contributed by atoms with van der Waals surface area (Å²) in [5, 5.41) is 45.7. The first-order chi connectivity index (χ1) is 25.5. The van der Waals surface area contributed by atoms with Crippen LogP contribution in [0.15, 0.2) is 66.7 Å². The first-order valence-corrected chi connectivity index (χ1v) is 16.9. The van der Waals surface area contributed by atoms with Crippen molar-refractivity contribution in [1.82, 2.24) is 5.06 Å². The normalized spacial score (nSPS) is 31.0. The summed E-state index contributed by atoms with van der Waals surface area (Å²) in [6.07, 6.45) is -6.79. The number of ether oxygens (including phenoxy) is 7. The zero-order chi connectivity index (χ0) is 37.7. The summed E-state index contributed by atoms with van der Waals surface area (Å²) in [7, 11) is 4.18. The van der Waals surface area contributed by atoms with Crippen molar-refractivity contribution in [3.05, 3.63) is 83.4 Å². The Labute approximate surface area is 303 Å². The van der Waals surface area contributed by atoms with Gasteiger partial charge in [-0.05, 0) is 23.3 Å². The van der Waals surface area contributed by atoms with Crippen molar-refractivity contribution in [1.29, 1.82) is 0 Å². The number of rotatable bonds is 11. The topological polar surface area (TPSA) is 209 Å². The summed E-state index contributed by atoms with van der Waals surface area (Å²) < 4.78 is 41.1. The molecule has 2 saturated heterocycles. The molecular formula is C37H39NO15. The molecule has 0 bridgehead atoms. The maximum Gasteiger partial charge on any atom is 0.339 e. The Kier molecular flexibility index (Phi) is 9.79. The van der Waals surface area contributed by atoms with E-state index in [0.29, 0.717) is 21.9 Å². The van der Waals surface area contributed by atoms with Gasteiger partial charge in [-0.15, -0.1) is 5.06 Å². The van der Waals surface area contributed by atoms with Gasteiger partial charge in [-0.25, -0.2) is 4.79 Å². The molecule has 0 radical (unpaired) electrons. The third kappa shape index (κ3) is 5.77. The Hall–Kier alpha value is -4.81. The Morgan fingerprint density at radius 3 is 2.28 bits per heavy atom. The van der Waals surface area contributed by atoms with E-state index < -0.39 is 78.3 Å². The average molecular weight is 738 g/mol. The van der Waals surface area contributed by atoms with Gasteiger partial charge < -0.3 is 58.4 Å². The number of nitrogens with zero attached hydrogens (tertiary/aromatic N) is 1. The summed E-state index contributed by atoms with van der Waals surface area (Å²) in [4.78, 5) is 44.6. The molecule has 3 aromatic carbocycles. The molecule has 282 valence electrons. The zero-order valence-corrected chi connectivity index (χ0v) is 28.9. The van der Waals surface area contributed by atoms with Crippen molar-refractivity contribution in [3.8, 4) is 23.0 Å². The lowest BCUT2D eigenvalue weighted by atomic mass is 9.70. The SMILES string of the molecule is COc1ccc(C23Oc4cc(O[C@@H]5O[C@@H]([C@H](O)CO)CO[C@H]5OC)cc(OC)c4C2(O)C(O)C(C(=O)ON2C(=O)CCC2=O)C3c2ccccc2)cc1. The lowest BCUT2D eigenvalue weighted by Gasteiger charge is -2.40. The standard InChI is InChI=1S/C37H39NO15/c1-46-21-11-9-20(10-12-21)37-30(19-7-5-4-6-8-19)29(33(44)53-38-27(41)13-14-28(38)42)32(43)36(37,45)31-24(47-2)15-22(16-25(31)52-37)50-35-34(48-3)49-18-26(51-35)23(40)17-39/h4-12,15-16,23,26,29-30,32,34-35,39-40,43,45H,13-14,17-18H2,1-3H3/t23-,26-,29?,30?,32?,34-,35-,36?,37?/m1/s1. The van der Waals surface area contributed by atoms with Gasteiger partial charge in [0.2, 0.25) is 6.29 Å². The molecule has 16 heteroatoms. The molecule has 9 atom stereocenters. The molecule has 2 amide bonds. The number of imide groups is 1. The van der Waals surface area contributed by atoms with Crippen molar-refractivity contribution in [2.45, 2.75) is 60.9 Å². The third-order valence-electron chi connectivity index (χ3n) is 10.2. The van der Waals surface area contributed by atoms with Crippen LogP contribution in [0.2, 0.25) is 0 Å². The highest BCUT2D eigenvalue weighted by Crippen LogP contribution is 2.70. The Bertz CT molecular complexity index is 1840. The highest BCUT2D eigenvalue weighted by molar-refractivity contribution is 6.01. The van der Waals surface area contributed by atoms with Crippen LogP contribution in [0.4, 0.5) is 0 Å². The zero-order valence-electron chi connectivity index (χ0n) is 28.9. The van der Waals surface area contributed by atoms with E-state index in [-0.39, 0.29) is 42.3 Å². The van der Waals surface area contributed by atoms with Crippen molar-refractivity contribution >= 4 is 17.8 Å². The fourth-order valence-electron chi connectivity index (χ4n) is 7.78. The lowest BCUT2D eigenvalue weighted by Crippen LogP contribution is -2.52. The van der Waals surface area contributed by atoms with Gasteiger partial charge in [0, 0.05) is 38.0 Å². The molecule has 3 fully saturated rings. The number of hydroxylamine groups is 2. The largest absolute Gasteiger partial charge is 0.497 e. The van der Waals surface area contributed by atoms with E-state index >= 15 is 0 Å². The monoisotopic (exact) mass is 737 g/mol. The van der Waals surface area contributed by atoms with Gasteiger partial charge in [-0.3, -0.25) is 9.59 Å². The molecule has 1 aliphatic carbocycles. The van der Waals surface area contributed by atoms with Crippen molar-refractivity contribution in [3.63, 3.8) is 0 Å². The van der Waals surface area contributed by atoms with Gasteiger partial charge in [-0.2, -0.15) is 0 Å². The van der Waals surface area contributed by atoms with E-state index in [1.54, 1.807) is 54.6 Å². The van der Waals surface area contributed by atoms with E-state index in [2.05, 4.69) is 0 Å². The Balaban J connectivity index is 1.38. The number of aliphatic hydroxyl groups is 4. The number of aliphatic hydroxyl groups excluding tert-OH is 3. The minimum absolute atomic E-state index is 0.00648. The molecule has 16 nitrogen and oxygen atoms in total. The minimum atomic E-state index is -2.46. The molecule has 3 aliphatic heterocycles. The number of carbonyl (C=O) groups is 3. The van der Waals surface area contributed by atoms with Gasteiger partial charge in [0.1, 0.15) is 41.3 Å². The Morgan fingerprint density at radius 2 is 1.66 bits per heavy atom. The maximum atomic E-state index is 14.2. The van der Waals surface area contributed by atoms with Gasteiger partial charge in [-0.1, -0.05) is 42.5 Å². The highest BCUT2D eigenvalue weighted by Gasteiger charge is 2.78. The fourth-order valence-corrected chi connectivity index (χ4v) is 7.78. The van der Waals surface area contributed by atoms with E-state index in [0.717, 1.165) is 0 Å². The molecule has 5 unspecified atom stereocenters. The van der Waals surface area contributed by atoms with E-state index in [1.807, 2.05) is 0 Å². The molecule has 4 aliphatic rings.